The highest BCUT2D eigenvalue weighted by Gasteiger charge is 2.09. The molecule has 3 aromatic rings. The summed E-state index contributed by atoms with van der Waals surface area (Å²) < 4.78 is 1.77. The highest BCUT2D eigenvalue weighted by molar-refractivity contribution is 9.10. The van der Waals surface area contributed by atoms with Crippen LogP contribution in [0.4, 0.5) is 21.3 Å². The number of fused-ring (bicyclic) bond motifs is 1. The third-order valence-corrected chi connectivity index (χ3v) is 4.72. The quantitative estimate of drug-likeness (QED) is 0.553. The van der Waals surface area contributed by atoms with Crippen LogP contribution < -0.4 is 16.0 Å². The van der Waals surface area contributed by atoms with E-state index in [0.717, 1.165) is 14.7 Å². The van der Waals surface area contributed by atoms with Crippen LogP contribution in [-0.2, 0) is 4.79 Å². The van der Waals surface area contributed by atoms with E-state index in [2.05, 4.69) is 36.9 Å². The van der Waals surface area contributed by atoms with E-state index in [1.54, 1.807) is 19.1 Å². The van der Waals surface area contributed by atoms with Crippen molar-refractivity contribution < 1.29 is 9.59 Å². The van der Waals surface area contributed by atoms with Gasteiger partial charge in [-0.15, -0.1) is 0 Å². The van der Waals surface area contributed by atoms with Crippen LogP contribution >= 0.6 is 27.3 Å². The molecule has 0 saturated carbocycles. The molecule has 0 atom stereocenters. The van der Waals surface area contributed by atoms with Gasteiger partial charge in [0.15, 0.2) is 5.13 Å². The van der Waals surface area contributed by atoms with Gasteiger partial charge in [0, 0.05) is 22.3 Å². The molecule has 0 saturated heterocycles. The van der Waals surface area contributed by atoms with Crippen LogP contribution in [0.3, 0.4) is 0 Å². The summed E-state index contributed by atoms with van der Waals surface area (Å²) in [5, 5.41) is 8.86. The van der Waals surface area contributed by atoms with Crippen LogP contribution in [0, 0.1) is 0 Å². The lowest BCUT2D eigenvalue weighted by atomic mass is 10.3. The fourth-order valence-electron chi connectivity index (χ4n) is 2.12. The smallest absolute Gasteiger partial charge is 0.308 e. The number of benzene rings is 2. The Hall–Kier alpha value is -2.45. The van der Waals surface area contributed by atoms with E-state index in [4.69, 9.17) is 0 Å². The topological polar surface area (TPSA) is 83.1 Å². The molecular formula is C17H15BrN4O2S. The number of urea groups is 1. The second-order valence-electron chi connectivity index (χ2n) is 5.19. The normalized spacial score (nSPS) is 10.5. The third-order valence-electron chi connectivity index (χ3n) is 3.30. The van der Waals surface area contributed by atoms with Crippen LogP contribution in [-0.4, -0.2) is 16.9 Å². The maximum Gasteiger partial charge on any atom is 0.323 e. The number of nitrogens with one attached hydrogen (secondary N) is 3. The molecule has 0 aliphatic rings. The molecule has 1 heterocycles. The van der Waals surface area contributed by atoms with Crippen molar-refractivity contribution >= 4 is 65.9 Å². The van der Waals surface area contributed by atoms with Gasteiger partial charge >= 0.3 is 6.03 Å². The first-order chi connectivity index (χ1) is 12.0. The summed E-state index contributed by atoms with van der Waals surface area (Å²) in [6.45, 7) is 1.79. The largest absolute Gasteiger partial charge is 0.323 e. The highest BCUT2D eigenvalue weighted by Crippen LogP contribution is 2.28. The van der Waals surface area contributed by atoms with Gasteiger partial charge in [0.05, 0.1) is 10.2 Å². The van der Waals surface area contributed by atoms with E-state index in [1.165, 1.54) is 11.3 Å². The minimum absolute atomic E-state index is 0.0780. The minimum Gasteiger partial charge on any atom is -0.308 e. The Bertz CT molecular complexity index is 941. The zero-order chi connectivity index (χ0) is 17.8. The van der Waals surface area contributed by atoms with Crippen molar-refractivity contribution in [2.75, 3.05) is 16.0 Å². The minimum atomic E-state index is -0.332. The summed E-state index contributed by atoms with van der Waals surface area (Å²) in [6, 6.07) is 12.4. The number of aromatic nitrogens is 1. The van der Waals surface area contributed by atoms with E-state index in [1.807, 2.05) is 30.3 Å². The first kappa shape index (κ1) is 17.4. The van der Waals surface area contributed by atoms with E-state index in [0.29, 0.717) is 22.9 Å². The first-order valence-electron chi connectivity index (χ1n) is 7.57. The summed E-state index contributed by atoms with van der Waals surface area (Å²) in [5.74, 6) is -0.0780. The number of thiazole rings is 1. The second-order valence-corrected chi connectivity index (χ2v) is 7.14. The number of halogens is 1. The number of hydrogen-bond acceptors (Lipinski definition) is 4. The molecule has 0 aliphatic carbocycles. The monoisotopic (exact) mass is 418 g/mol. The Morgan fingerprint density at radius 3 is 2.56 bits per heavy atom. The number of carbonyl (C=O) groups excluding carboxylic acids is 2. The molecule has 25 heavy (non-hydrogen) atoms. The average Bonchev–Trinajstić information content (AvgIpc) is 2.96. The van der Waals surface area contributed by atoms with E-state index in [9.17, 15) is 9.59 Å². The van der Waals surface area contributed by atoms with Gasteiger partial charge in [-0.2, -0.15) is 0 Å². The number of anilines is 3. The second kappa shape index (κ2) is 7.62. The zero-order valence-corrected chi connectivity index (χ0v) is 15.7. The van der Waals surface area contributed by atoms with Crippen molar-refractivity contribution in [2.24, 2.45) is 0 Å². The van der Waals surface area contributed by atoms with Gasteiger partial charge in [-0.25, -0.2) is 9.78 Å². The molecule has 3 rings (SSSR count). The fourth-order valence-corrected chi connectivity index (χ4v) is 3.44. The molecule has 3 amide bonds. The summed E-state index contributed by atoms with van der Waals surface area (Å²) in [5.41, 5.74) is 2.11. The van der Waals surface area contributed by atoms with Crippen molar-refractivity contribution in [1.82, 2.24) is 4.98 Å². The van der Waals surface area contributed by atoms with Gasteiger partial charge in [0.1, 0.15) is 0 Å². The van der Waals surface area contributed by atoms with Crippen LogP contribution in [0.15, 0.2) is 46.9 Å². The van der Waals surface area contributed by atoms with Crippen LogP contribution in [0.1, 0.15) is 13.3 Å². The number of rotatable bonds is 4. The predicted octanol–water partition coefficient (Wildman–Crippen LogP) is 5.05. The van der Waals surface area contributed by atoms with Crippen molar-refractivity contribution in [3.63, 3.8) is 0 Å². The molecule has 0 spiro atoms. The van der Waals surface area contributed by atoms with Gasteiger partial charge < -0.3 is 16.0 Å². The molecule has 128 valence electrons. The maximum atomic E-state index is 12.1. The SMILES string of the molecule is CCC(=O)Nc1nc2ccc(NC(=O)Nc3cccc(Br)c3)cc2s1. The number of carbonyl (C=O) groups is 2. The standard InChI is InChI=1S/C17H15BrN4O2S/c1-2-15(23)22-17-21-13-7-6-12(9-14(13)25-17)20-16(24)19-11-5-3-4-10(18)8-11/h3-9H,2H2,1H3,(H2,19,20,24)(H,21,22,23). The first-order valence-corrected chi connectivity index (χ1v) is 9.18. The fraction of sp³-hybridized carbons (Fsp3) is 0.118. The third kappa shape index (κ3) is 4.55. The molecule has 3 N–H and O–H groups in total. The molecule has 0 radical (unpaired) electrons. The molecular weight excluding hydrogens is 404 g/mol. The highest BCUT2D eigenvalue weighted by atomic mass is 79.9. The molecule has 0 fully saturated rings. The predicted molar refractivity (Wildman–Crippen MR) is 105 cm³/mol. The molecule has 0 bridgehead atoms. The Labute approximate surface area is 156 Å². The van der Waals surface area contributed by atoms with Gasteiger partial charge in [0.2, 0.25) is 5.91 Å². The molecule has 8 heteroatoms. The van der Waals surface area contributed by atoms with Crippen molar-refractivity contribution in [3.05, 3.63) is 46.9 Å². The summed E-state index contributed by atoms with van der Waals surface area (Å²) in [6.07, 6.45) is 0.401. The Kier molecular flexibility index (Phi) is 5.30. The van der Waals surface area contributed by atoms with Crippen molar-refractivity contribution in [1.29, 1.82) is 0 Å². The Balaban J connectivity index is 1.70. The number of nitrogens with zero attached hydrogens (tertiary/aromatic N) is 1. The lowest BCUT2D eigenvalue weighted by Gasteiger charge is -2.07. The van der Waals surface area contributed by atoms with Gasteiger partial charge in [-0.05, 0) is 36.4 Å². The van der Waals surface area contributed by atoms with Crippen molar-refractivity contribution in [3.8, 4) is 0 Å². The summed E-state index contributed by atoms with van der Waals surface area (Å²) in [4.78, 5) is 27.9. The molecule has 1 aromatic heterocycles. The van der Waals surface area contributed by atoms with Gasteiger partial charge in [0.25, 0.3) is 0 Å². The number of amides is 3. The molecule has 0 unspecified atom stereocenters. The van der Waals surface area contributed by atoms with Gasteiger partial charge in [-0.1, -0.05) is 40.3 Å². The van der Waals surface area contributed by atoms with Crippen LogP contribution in [0.2, 0.25) is 0 Å². The number of hydrogen-bond donors (Lipinski definition) is 3. The zero-order valence-electron chi connectivity index (χ0n) is 13.3. The molecule has 2 aromatic carbocycles. The molecule has 0 aliphatic heterocycles. The van der Waals surface area contributed by atoms with Crippen LogP contribution in [0.25, 0.3) is 10.2 Å². The average molecular weight is 419 g/mol. The summed E-state index contributed by atoms with van der Waals surface area (Å²) >= 11 is 4.73. The van der Waals surface area contributed by atoms with E-state index < -0.39 is 0 Å². The molecule has 6 nitrogen and oxygen atoms in total. The van der Waals surface area contributed by atoms with Gasteiger partial charge in [-0.3, -0.25) is 4.79 Å². The van der Waals surface area contributed by atoms with Crippen LogP contribution in [0.5, 0.6) is 0 Å². The lowest BCUT2D eigenvalue weighted by molar-refractivity contribution is -0.115. The Morgan fingerprint density at radius 2 is 1.84 bits per heavy atom. The summed E-state index contributed by atoms with van der Waals surface area (Å²) in [7, 11) is 0. The van der Waals surface area contributed by atoms with E-state index >= 15 is 0 Å². The van der Waals surface area contributed by atoms with Crippen molar-refractivity contribution in [2.45, 2.75) is 13.3 Å². The van der Waals surface area contributed by atoms with E-state index in [-0.39, 0.29) is 11.9 Å². The maximum absolute atomic E-state index is 12.1. The lowest BCUT2D eigenvalue weighted by Crippen LogP contribution is -2.19. The Morgan fingerprint density at radius 1 is 1.08 bits per heavy atom.